The molecule has 0 radical (unpaired) electrons. The number of aryl methyl sites for hydroxylation is 1. The van der Waals surface area contributed by atoms with Crippen molar-refractivity contribution in [3.8, 4) is 0 Å². The summed E-state index contributed by atoms with van der Waals surface area (Å²) in [5.41, 5.74) is 2.31. The number of carboxylic acid groups (broad SMARTS) is 1. The topological polar surface area (TPSA) is 78.4 Å². The molecule has 0 aliphatic rings. The first-order valence-corrected chi connectivity index (χ1v) is 8.78. The third-order valence-electron chi connectivity index (χ3n) is 3.66. The molecular formula is C18H22N2O3S. The van der Waals surface area contributed by atoms with Gasteiger partial charge in [0.25, 0.3) is 0 Å². The normalized spacial score (nSPS) is 11.7. The van der Waals surface area contributed by atoms with Gasteiger partial charge in [0.2, 0.25) is 0 Å². The molecule has 2 aromatic rings. The van der Waals surface area contributed by atoms with Gasteiger partial charge in [-0.15, -0.1) is 11.3 Å². The lowest BCUT2D eigenvalue weighted by atomic mass is 10.0. The molecule has 128 valence electrons. The van der Waals surface area contributed by atoms with Crippen molar-refractivity contribution in [3.63, 3.8) is 0 Å². The highest BCUT2D eigenvalue weighted by Gasteiger charge is 2.18. The fourth-order valence-corrected chi connectivity index (χ4v) is 3.43. The second kappa shape index (κ2) is 9.08. The summed E-state index contributed by atoms with van der Waals surface area (Å²) < 4.78 is 0. The lowest BCUT2D eigenvalue weighted by Gasteiger charge is -2.19. The van der Waals surface area contributed by atoms with Crippen molar-refractivity contribution in [3.05, 3.63) is 57.8 Å². The fraction of sp³-hybridized carbons (Fsp3) is 0.333. The molecule has 6 heteroatoms. The van der Waals surface area contributed by atoms with Crippen LogP contribution in [0.25, 0.3) is 0 Å². The van der Waals surface area contributed by atoms with Crippen LogP contribution < -0.4 is 10.6 Å². The van der Waals surface area contributed by atoms with E-state index in [1.807, 2.05) is 48.7 Å². The number of hydrogen-bond acceptors (Lipinski definition) is 3. The highest BCUT2D eigenvalue weighted by atomic mass is 32.1. The van der Waals surface area contributed by atoms with Crippen molar-refractivity contribution in [2.75, 3.05) is 6.54 Å². The molecule has 0 saturated carbocycles. The molecule has 3 N–H and O–H groups in total. The van der Waals surface area contributed by atoms with Gasteiger partial charge in [-0.2, -0.15) is 0 Å². The van der Waals surface area contributed by atoms with Crippen LogP contribution >= 0.6 is 11.3 Å². The Hall–Kier alpha value is -2.34. The number of aliphatic carboxylic acids is 1. The van der Waals surface area contributed by atoms with Gasteiger partial charge >= 0.3 is 12.0 Å². The van der Waals surface area contributed by atoms with Crippen molar-refractivity contribution in [1.29, 1.82) is 0 Å². The number of hydrogen-bond donors (Lipinski definition) is 3. The number of benzene rings is 1. The van der Waals surface area contributed by atoms with E-state index in [-0.39, 0.29) is 18.5 Å². The predicted octanol–water partition coefficient (Wildman–Crippen LogP) is 3.50. The van der Waals surface area contributed by atoms with Crippen LogP contribution in [0, 0.1) is 6.92 Å². The van der Waals surface area contributed by atoms with Crippen molar-refractivity contribution in [2.45, 2.75) is 32.2 Å². The number of urea groups is 1. The van der Waals surface area contributed by atoms with E-state index in [9.17, 15) is 9.59 Å². The van der Waals surface area contributed by atoms with Crippen LogP contribution in [-0.4, -0.2) is 23.7 Å². The Morgan fingerprint density at radius 1 is 1.21 bits per heavy atom. The van der Waals surface area contributed by atoms with Crippen LogP contribution in [0.3, 0.4) is 0 Å². The molecule has 24 heavy (non-hydrogen) atoms. The fourth-order valence-electron chi connectivity index (χ4n) is 2.45. The molecule has 0 bridgehead atoms. The van der Waals surface area contributed by atoms with E-state index in [0.717, 1.165) is 16.0 Å². The Kier molecular flexibility index (Phi) is 6.81. The van der Waals surface area contributed by atoms with E-state index in [4.69, 9.17) is 5.11 Å². The van der Waals surface area contributed by atoms with Gasteiger partial charge in [0.1, 0.15) is 0 Å². The molecule has 1 aromatic carbocycles. The summed E-state index contributed by atoms with van der Waals surface area (Å²) in [6, 6.07) is 11.7. The first-order chi connectivity index (χ1) is 11.6. The minimum atomic E-state index is -0.853. The highest BCUT2D eigenvalue weighted by molar-refractivity contribution is 7.10. The lowest BCUT2D eigenvalue weighted by Crippen LogP contribution is -2.39. The maximum absolute atomic E-state index is 12.1. The van der Waals surface area contributed by atoms with Gasteiger partial charge in [0.15, 0.2) is 0 Å². The van der Waals surface area contributed by atoms with E-state index in [2.05, 4.69) is 10.6 Å². The Balaban J connectivity index is 1.97. The summed E-state index contributed by atoms with van der Waals surface area (Å²) in [5, 5.41) is 16.4. The molecule has 1 atom stereocenters. The minimum Gasteiger partial charge on any atom is -0.481 e. The van der Waals surface area contributed by atoms with Crippen LogP contribution in [0.1, 0.15) is 34.9 Å². The summed E-state index contributed by atoms with van der Waals surface area (Å²) in [5.74, 6) is -0.853. The summed E-state index contributed by atoms with van der Waals surface area (Å²) in [6.07, 6.45) is 1.19. The molecule has 1 unspecified atom stereocenters. The predicted molar refractivity (Wildman–Crippen MR) is 95.3 cm³/mol. The van der Waals surface area contributed by atoms with Gasteiger partial charge in [-0.25, -0.2) is 4.79 Å². The molecule has 1 heterocycles. The zero-order chi connectivity index (χ0) is 17.4. The first kappa shape index (κ1) is 18.0. The quantitative estimate of drug-likeness (QED) is 0.640. The van der Waals surface area contributed by atoms with Gasteiger partial charge in [-0.3, -0.25) is 4.79 Å². The van der Waals surface area contributed by atoms with Gasteiger partial charge < -0.3 is 15.7 Å². The Morgan fingerprint density at radius 3 is 2.58 bits per heavy atom. The molecule has 2 amide bonds. The zero-order valence-corrected chi connectivity index (χ0v) is 14.4. The second-order valence-electron chi connectivity index (χ2n) is 5.61. The summed E-state index contributed by atoms with van der Waals surface area (Å²) >= 11 is 1.63. The smallest absolute Gasteiger partial charge is 0.315 e. The SMILES string of the molecule is Cc1ccsc1C(Cc1ccccc1)NC(=O)NCCCC(=O)O. The van der Waals surface area contributed by atoms with E-state index in [0.29, 0.717) is 19.4 Å². The number of carbonyl (C=O) groups is 2. The standard InChI is InChI=1S/C18H22N2O3S/c1-13-9-11-24-17(13)15(12-14-6-3-2-4-7-14)20-18(23)19-10-5-8-16(21)22/h2-4,6-7,9,11,15H,5,8,10,12H2,1H3,(H,21,22)(H2,19,20,23). The van der Waals surface area contributed by atoms with Crippen molar-refractivity contribution >= 4 is 23.3 Å². The molecule has 5 nitrogen and oxygen atoms in total. The van der Waals surface area contributed by atoms with E-state index in [1.54, 1.807) is 11.3 Å². The lowest BCUT2D eigenvalue weighted by molar-refractivity contribution is -0.137. The highest BCUT2D eigenvalue weighted by Crippen LogP contribution is 2.26. The van der Waals surface area contributed by atoms with Gasteiger partial charge in [-0.05, 0) is 42.3 Å². The van der Waals surface area contributed by atoms with Crippen molar-refractivity contribution in [2.24, 2.45) is 0 Å². The monoisotopic (exact) mass is 346 g/mol. The third-order valence-corrected chi connectivity index (χ3v) is 4.79. The average molecular weight is 346 g/mol. The largest absolute Gasteiger partial charge is 0.481 e. The molecule has 0 fully saturated rings. The number of nitrogens with one attached hydrogen (secondary N) is 2. The van der Waals surface area contributed by atoms with Crippen molar-refractivity contribution in [1.82, 2.24) is 10.6 Å². The Bertz CT molecular complexity index is 670. The summed E-state index contributed by atoms with van der Waals surface area (Å²) in [6.45, 7) is 2.38. The average Bonchev–Trinajstić information content (AvgIpc) is 2.98. The molecule has 1 aromatic heterocycles. The molecule has 0 aliphatic carbocycles. The summed E-state index contributed by atoms with van der Waals surface area (Å²) in [7, 11) is 0. The van der Waals surface area contributed by atoms with E-state index < -0.39 is 5.97 Å². The van der Waals surface area contributed by atoms with E-state index >= 15 is 0 Å². The third kappa shape index (κ3) is 5.70. The molecule has 0 saturated heterocycles. The van der Waals surface area contributed by atoms with Crippen LogP contribution in [0.15, 0.2) is 41.8 Å². The molecule has 2 rings (SSSR count). The Labute approximate surface area is 145 Å². The molecule has 0 spiro atoms. The maximum Gasteiger partial charge on any atom is 0.315 e. The number of carboxylic acids is 1. The number of amides is 2. The first-order valence-electron chi connectivity index (χ1n) is 7.90. The van der Waals surface area contributed by atoms with Gasteiger partial charge in [0, 0.05) is 17.8 Å². The minimum absolute atomic E-state index is 0.0533. The molecular weight excluding hydrogens is 324 g/mol. The van der Waals surface area contributed by atoms with Gasteiger partial charge in [-0.1, -0.05) is 30.3 Å². The molecule has 0 aliphatic heterocycles. The number of rotatable bonds is 8. The van der Waals surface area contributed by atoms with Crippen LogP contribution in [-0.2, 0) is 11.2 Å². The van der Waals surface area contributed by atoms with Crippen LogP contribution in [0.4, 0.5) is 4.79 Å². The van der Waals surface area contributed by atoms with E-state index in [1.165, 1.54) is 0 Å². The second-order valence-corrected chi connectivity index (χ2v) is 6.56. The van der Waals surface area contributed by atoms with Crippen molar-refractivity contribution < 1.29 is 14.7 Å². The number of thiophene rings is 1. The van der Waals surface area contributed by atoms with Gasteiger partial charge in [0.05, 0.1) is 6.04 Å². The zero-order valence-electron chi connectivity index (χ0n) is 13.6. The Morgan fingerprint density at radius 2 is 1.96 bits per heavy atom. The maximum atomic E-state index is 12.1. The number of carbonyl (C=O) groups excluding carboxylic acids is 1. The van der Waals surface area contributed by atoms with Crippen LogP contribution in [0.5, 0.6) is 0 Å². The summed E-state index contributed by atoms with van der Waals surface area (Å²) in [4.78, 5) is 23.8. The van der Waals surface area contributed by atoms with Crippen LogP contribution in [0.2, 0.25) is 0 Å².